The van der Waals surface area contributed by atoms with Gasteiger partial charge in [-0.2, -0.15) is 0 Å². The summed E-state index contributed by atoms with van der Waals surface area (Å²) in [5.74, 6) is 1.49. The van der Waals surface area contributed by atoms with Crippen molar-refractivity contribution in [1.29, 1.82) is 0 Å². The van der Waals surface area contributed by atoms with Crippen LogP contribution in [0.4, 0.5) is 5.82 Å². The molecule has 1 atom stereocenters. The van der Waals surface area contributed by atoms with Crippen molar-refractivity contribution in [3.8, 4) is 22.6 Å². The molecule has 5 nitrogen and oxygen atoms in total. The van der Waals surface area contributed by atoms with Crippen molar-refractivity contribution in [2.75, 3.05) is 18.5 Å². The van der Waals surface area contributed by atoms with Gasteiger partial charge in [0.2, 0.25) is 0 Å². The van der Waals surface area contributed by atoms with Crippen molar-refractivity contribution in [2.45, 2.75) is 18.9 Å². The number of ether oxygens (including phenoxy) is 1. The zero-order valence-electron chi connectivity index (χ0n) is 15.3. The molecule has 4 heterocycles. The maximum absolute atomic E-state index is 5.78. The van der Waals surface area contributed by atoms with Crippen molar-refractivity contribution >= 4 is 27.4 Å². The molecule has 0 bridgehead atoms. The second-order valence-electron chi connectivity index (χ2n) is 6.82. The molecule has 0 spiro atoms. The third-order valence-corrected chi connectivity index (χ3v) is 5.81. The van der Waals surface area contributed by atoms with Crippen LogP contribution in [0.25, 0.3) is 32.9 Å². The zero-order valence-corrected chi connectivity index (χ0v) is 16.2. The van der Waals surface area contributed by atoms with E-state index in [0.717, 1.165) is 53.3 Å². The van der Waals surface area contributed by atoms with Crippen molar-refractivity contribution in [1.82, 2.24) is 15.0 Å². The van der Waals surface area contributed by atoms with E-state index in [4.69, 9.17) is 14.7 Å². The van der Waals surface area contributed by atoms with Crippen molar-refractivity contribution < 1.29 is 4.74 Å². The van der Waals surface area contributed by atoms with E-state index in [0.29, 0.717) is 5.82 Å². The van der Waals surface area contributed by atoms with E-state index >= 15 is 0 Å². The molecule has 0 saturated carbocycles. The number of pyridine rings is 1. The van der Waals surface area contributed by atoms with Crippen LogP contribution in [0.3, 0.4) is 0 Å². The summed E-state index contributed by atoms with van der Waals surface area (Å²) in [4.78, 5) is 15.1. The molecule has 5 rings (SSSR count). The highest BCUT2D eigenvalue weighted by molar-refractivity contribution is 7.17. The molecule has 1 fully saturated rings. The number of aromatic nitrogens is 3. The van der Waals surface area contributed by atoms with E-state index in [2.05, 4.69) is 39.9 Å². The van der Waals surface area contributed by atoms with Gasteiger partial charge in [-0.05, 0) is 30.5 Å². The Morgan fingerprint density at radius 3 is 2.75 bits per heavy atom. The first-order valence-corrected chi connectivity index (χ1v) is 10.4. The number of anilines is 1. The highest BCUT2D eigenvalue weighted by Gasteiger charge is 2.19. The fourth-order valence-electron chi connectivity index (χ4n) is 3.53. The third-order valence-electron chi connectivity index (χ3n) is 4.93. The fraction of sp³-hybridized carbons (Fsp3) is 0.227. The van der Waals surface area contributed by atoms with Crippen LogP contribution in [0.15, 0.2) is 60.1 Å². The maximum atomic E-state index is 5.78. The van der Waals surface area contributed by atoms with Gasteiger partial charge in [0, 0.05) is 30.3 Å². The highest BCUT2D eigenvalue weighted by atomic mass is 32.1. The molecular formula is C22H20N4OS. The lowest BCUT2D eigenvalue weighted by atomic mass is 10.1. The van der Waals surface area contributed by atoms with Crippen molar-refractivity contribution in [3.63, 3.8) is 0 Å². The molecular weight excluding hydrogens is 368 g/mol. The zero-order chi connectivity index (χ0) is 18.8. The van der Waals surface area contributed by atoms with E-state index in [1.807, 2.05) is 24.3 Å². The van der Waals surface area contributed by atoms with Crippen molar-refractivity contribution in [2.24, 2.45) is 0 Å². The van der Waals surface area contributed by atoms with Crippen LogP contribution in [-0.2, 0) is 4.74 Å². The Kier molecular flexibility index (Phi) is 4.72. The quantitative estimate of drug-likeness (QED) is 0.521. The normalized spacial score (nSPS) is 16.5. The van der Waals surface area contributed by atoms with Gasteiger partial charge in [-0.15, -0.1) is 11.3 Å². The molecule has 140 valence electrons. The third kappa shape index (κ3) is 3.37. The number of hydrogen-bond acceptors (Lipinski definition) is 6. The largest absolute Gasteiger partial charge is 0.376 e. The molecule has 0 unspecified atom stereocenters. The molecule has 28 heavy (non-hydrogen) atoms. The smallest absolute Gasteiger partial charge is 0.181 e. The summed E-state index contributed by atoms with van der Waals surface area (Å²) in [6.45, 7) is 1.59. The summed E-state index contributed by atoms with van der Waals surface area (Å²) in [5.41, 5.74) is 3.10. The standard InChI is InChI=1S/C22H20N4OS/c1-2-7-15(8-3-1)17-14-28-22-19(17)21(24-13-16-9-6-12-27-16)25-20(26-22)18-10-4-5-11-23-18/h1-5,7-8,10-11,14,16H,6,9,12-13H2,(H,24,25,26)/t16-/m1/s1. The Hall–Kier alpha value is -2.83. The first kappa shape index (κ1) is 17.3. The first-order chi connectivity index (χ1) is 13.9. The highest BCUT2D eigenvalue weighted by Crippen LogP contribution is 2.38. The Balaban J connectivity index is 1.61. The van der Waals surface area contributed by atoms with Gasteiger partial charge in [0.25, 0.3) is 0 Å². The molecule has 1 N–H and O–H groups in total. The predicted octanol–water partition coefficient (Wildman–Crippen LogP) is 5.01. The molecule has 1 aromatic carbocycles. The van der Waals surface area contributed by atoms with Gasteiger partial charge in [0.05, 0.1) is 11.5 Å². The van der Waals surface area contributed by atoms with Crippen molar-refractivity contribution in [3.05, 3.63) is 60.1 Å². The fourth-order valence-corrected chi connectivity index (χ4v) is 4.47. The number of nitrogens with zero attached hydrogens (tertiary/aromatic N) is 3. The number of thiophene rings is 1. The second kappa shape index (κ2) is 7.66. The van der Waals surface area contributed by atoms with Crippen LogP contribution in [0.5, 0.6) is 0 Å². The Morgan fingerprint density at radius 1 is 1.07 bits per heavy atom. The lowest BCUT2D eigenvalue weighted by Gasteiger charge is -2.14. The monoisotopic (exact) mass is 388 g/mol. The van der Waals surface area contributed by atoms with Crippen LogP contribution < -0.4 is 5.32 Å². The summed E-state index contributed by atoms with van der Waals surface area (Å²) in [5, 5.41) is 6.76. The SMILES string of the molecule is c1ccc(-c2csc3nc(-c4ccccn4)nc(NC[C@H]4CCCO4)c23)cc1. The van der Waals surface area contributed by atoms with Crippen LogP contribution in [0.1, 0.15) is 12.8 Å². The van der Waals surface area contributed by atoms with Gasteiger partial charge in [-0.25, -0.2) is 9.97 Å². The number of fused-ring (bicyclic) bond motifs is 1. The van der Waals surface area contributed by atoms with Gasteiger partial charge >= 0.3 is 0 Å². The average molecular weight is 388 g/mol. The number of rotatable bonds is 5. The molecule has 1 saturated heterocycles. The van der Waals surface area contributed by atoms with E-state index < -0.39 is 0 Å². The van der Waals surface area contributed by atoms with Crippen LogP contribution in [-0.4, -0.2) is 34.2 Å². The molecule has 3 aromatic heterocycles. The molecule has 4 aromatic rings. The van der Waals surface area contributed by atoms with Gasteiger partial charge in [-0.1, -0.05) is 36.4 Å². The number of benzene rings is 1. The summed E-state index contributed by atoms with van der Waals surface area (Å²) in [7, 11) is 0. The number of hydrogen-bond donors (Lipinski definition) is 1. The topological polar surface area (TPSA) is 59.9 Å². The van der Waals surface area contributed by atoms with Gasteiger partial charge in [-0.3, -0.25) is 4.98 Å². The van der Waals surface area contributed by atoms with E-state index in [1.54, 1.807) is 17.5 Å². The molecule has 1 aliphatic heterocycles. The summed E-state index contributed by atoms with van der Waals surface area (Å²) >= 11 is 1.64. The molecule has 0 amide bonds. The Bertz CT molecular complexity index is 1080. The summed E-state index contributed by atoms with van der Waals surface area (Å²) in [6.07, 6.45) is 4.22. The van der Waals surface area contributed by atoms with E-state index in [1.165, 1.54) is 5.56 Å². The molecule has 0 aliphatic carbocycles. The van der Waals surface area contributed by atoms with Crippen LogP contribution in [0.2, 0.25) is 0 Å². The summed E-state index contributed by atoms with van der Waals surface area (Å²) in [6, 6.07) is 16.2. The minimum absolute atomic E-state index is 0.238. The predicted molar refractivity (Wildman–Crippen MR) is 114 cm³/mol. The maximum Gasteiger partial charge on any atom is 0.181 e. The first-order valence-electron chi connectivity index (χ1n) is 9.50. The lowest BCUT2D eigenvalue weighted by Crippen LogP contribution is -2.19. The molecule has 1 aliphatic rings. The number of nitrogens with one attached hydrogen (secondary N) is 1. The van der Waals surface area contributed by atoms with Gasteiger partial charge in [0.1, 0.15) is 16.3 Å². The minimum atomic E-state index is 0.238. The van der Waals surface area contributed by atoms with Crippen LogP contribution in [0, 0.1) is 0 Å². The molecule has 6 heteroatoms. The summed E-state index contributed by atoms with van der Waals surface area (Å²) < 4.78 is 5.78. The van der Waals surface area contributed by atoms with Gasteiger partial charge in [0.15, 0.2) is 5.82 Å². The van der Waals surface area contributed by atoms with Gasteiger partial charge < -0.3 is 10.1 Å². The Morgan fingerprint density at radius 2 is 1.96 bits per heavy atom. The average Bonchev–Trinajstić information content (AvgIpc) is 3.43. The van der Waals surface area contributed by atoms with Crippen LogP contribution >= 0.6 is 11.3 Å². The Labute approximate surface area is 167 Å². The lowest BCUT2D eigenvalue weighted by molar-refractivity contribution is 0.120. The minimum Gasteiger partial charge on any atom is -0.376 e. The van der Waals surface area contributed by atoms with E-state index in [-0.39, 0.29) is 6.10 Å². The second-order valence-corrected chi connectivity index (χ2v) is 7.68. The molecule has 0 radical (unpaired) electrons. The van der Waals surface area contributed by atoms with E-state index in [9.17, 15) is 0 Å².